The van der Waals surface area contributed by atoms with Crippen molar-refractivity contribution in [1.29, 1.82) is 0 Å². The zero-order valence-electron chi connectivity index (χ0n) is 15.6. The average molecular weight is 387 g/mol. The number of hydrogen-bond donors (Lipinski definition) is 4. The molecule has 0 aliphatic carbocycles. The van der Waals surface area contributed by atoms with Crippen molar-refractivity contribution in [2.24, 2.45) is 0 Å². The van der Waals surface area contributed by atoms with Crippen molar-refractivity contribution in [3.63, 3.8) is 0 Å². The van der Waals surface area contributed by atoms with E-state index in [-0.39, 0.29) is 12.2 Å². The number of ether oxygens (including phenoxy) is 1. The van der Waals surface area contributed by atoms with Crippen molar-refractivity contribution in [2.75, 3.05) is 26.0 Å². The summed E-state index contributed by atoms with van der Waals surface area (Å²) in [4.78, 5) is 26.4. The molecule has 4 N–H and O–H groups in total. The van der Waals surface area contributed by atoms with E-state index in [1.165, 1.54) is 10.8 Å². The molecule has 1 aliphatic rings. The van der Waals surface area contributed by atoms with Crippen molar-refractivity contribution in [3.05, 3.63) is 32.6 Å². The highest BCUT2D eigenvalue weighted by atomic mass is 31.2. The van der Waals surface area contributed by atoms with Gasteiger partial charge in [0.2, 0.25) is 0 Å². The van der Waals surface area contributed by atoms with Crippen LogP contribution >= 0.6 is 6.89 Å². The molecule has 0 spiro atoms. The molecule has 1 aliphatic heterocycles. The Morgan fingerprint density at radius 1 is 1.35 bits per heavy atom. The third-order valence-electron chi connectivity index (χ3n) is 4.44. The highest BCUT2D eigenvalue weighted by Gasteiger charge is 2.44. The van der Waals surface area contributed by atoms with E-state index in [4.69, 9.17) is 4.74 Å². The molecule has 1 fully saturated rings. The van der Waals surface area contributed by atoms with Crippen molar-refractivity contribution in [2.45, 2.75) is 50.8 Å². The number of nitrogens with one attached hydrogen (secondary N) is 2. The lowest BCUT2D eigenvalue weighted by molar-refractivity contribution is 0.00492. The summed E-state index contributed by atoms with van der Waals surface area (Å²) < 4.78 is 7.13. The standard InChI is InChI=1S/C17H30N3O5P/c1-5-7-18-10-20-9-11(16(23)19-17(20)24)15-14(22)13(21)12(25-15)6-8-26(2,3)4/h9,12-15,18,21-22H,2,5-8,10H2,1,3-4H3,(H,19,23,24)/t12?,13-,14-,15?/m1/s1. The van der Waals surface area contributed by atoms with Crippen molar-refractivity contribution >= 4 is 13.2 Å². The van der Waals surface area contributed by atoms with Crippen LogP contribution in [0.2, 0.25) is 0 Å². The first-order valence-corrected chi connectivity index (χ1v) is 11.9. The summed E-state index contributed by atoms with van der Waals surface area (Å²) in [5.74, 6) is 0. The summed E-state index contributed by atoms with van der Waals surface area (Å²) >= 11 is 0. The van der Waals surface area contributed by atoms with Crippen LogP contribution in [0.3, 0.4) is 0 Å². The smallest absolute Gasteiger partial charge is 0.329 e. The van der Waals surface area contributed by atoms with E-state index in [0.29, 0.717) is 6.42 Å². The van der Waals surface area contributed by atoms with Crippen molar-refractivity contribution < 1.29 is 14.9 Å². The lowest BCUT2D eigenvalue weighted by Crippen LogP contribution is -2.38. The zero-order chi connectivity index (χ0) is 19.5. The normalized spacial score (nSPS) is 26.3. The molecule has 2 unspecified atom stereocenters. The monoisotopic (exact) mass is 387 g/mol. The minimum absolute atomic E-state index is 0.139. The second-order valence-electron chi connectivity index (χ2n) is 7.50. The molecule has 26 heavy (non-hydrogen) atoms. The van der Waals surface area contributed by atoms with Crippen molar-refractivity contribution in [3.8, 4) is 0 Å². The van der Waals surface area contributed by atoms with Gasteiger partial charge in [-0.3, -0.25) is 19.7 Å². The molecule has 2 heterocycles. The number of aliphatic hydroxyl groups is 2. The van der Waals surface area contributed by atoms with E-state index in [2.05, 4.69) is 29.9 Å². The maximum atomic E-state index is 12.2. The molecule has 4 atom stereocenters. The topological polar surface area (TPSA) is 117 Å². The third kappa shape index (κ3) is 5.18. The highest BCUT2D eigenvalue weighted by molar-refractivity contribution is 7.72. The predicted octanol–water partition coefficient (Wildman–Crippen LogP) is -0.245. The predicted molar refractivity (Wildman–Crippen MR) is 105 cm³/mol. The first-order valence-electron chi connectivity index (χ1n) is 8.87. The molecule has 0 aromatic carbocycles. The van der Waals surface area contributed by atoms with Crippen LogP contribution < -0.4 is 16.6 Å². The second-order valence-corrected chi connectivity index (χ2v) is 11.8. The molecule has 1 aromatic heterocycles. The van der Waals surface area contributed by atoms with E-state index < -0.39 is 42.6 Å². The Morgan fingerprint density at radius 2 is 2.04 bits per heavy atom. The quantitative estimate of drug-likeness (QED) is 0.361. The molecule has 0 amide bonds. The molecule has 0 saturated carbocycles. The molecular weight excluding hydrogens is 357 g/mol. The number of H-pyrrole nitrogens is 1. The van der Waals surface area contributed by atoms with Crippen LogP contribution in [0, 0.1) is 0 Å². The van der Waals surface area contributed by atoms with Crippen LogP contribution in [-0.4, -0.2) is 70.4 Å². The third-order valence-corrected chi connectivity index (χ3v) is 5.90. The van der Waals surface area contributed by atoms with E-state index in [9.17, 15) is 19.8 Å². The van der Waals surface area contributed by atoms with E-state index in [0.717, 1.165) is 19.1 Å². The Bertz CT molecular complexity index is 768. The van der Waals surface area contributed by atoms with Gasteiger partial charge in [0.05, 0.1) is 18.3 Å². The Labute approximate surface area is 153 Å². The van der Waals surface area contributed by atoms with Gasteiger partial charge in [-0.15, -0.1) is 13.2 Å². The Morgan fingerprint density at radius 3 is 2.65 bits per heavy atom. The first kappa shape index (κ1) is 21.1. The van der Waals surface area contributed by atoms with E-state index >= 15 is 0 Å². The number of aliphatic hydroxyl groups excluding tert-OH is 2. The van der Waals surface area contributed by atoms with Gasteiger partial charge in [-0.2, -0.15) is 0 Å². The fraction of sp³-hybridized carbons (Fsp3) is 0.706. The molecule has 1 saturated heterocycles. The molecule has 2 rings (SSSR count). The molecule has 0 bridgehead atoms. The molecule has 8 nitrogen and oxygen atoms in total. The van der Waals surface area contributed by atoms with Gasteiger partial charge < -0.3 is 14.9 Å². The fourth-order valence-electron chi connectivity index (χ4n) is 2.94. The lowest BCUT2D eigenvalue weighted by atomic mass is 10.0. The summed E-state index contributed by atoms with van der Waals surface area (Å²) in [6.07, 6.45) is 3.98. The van der Waals surface area contributed by atoms with Gasteiger partial charge in [-0.1, -0.05) is 6.92 Å². The number of aromatic nitrogens is 2. The zero-order valence-corrected chi connectivity index (χ0v) is 16.5. The second kappa shape index (κ2) is 8.67. The Balaban J connectivity index is 2.21. The minimum atomic E-state index is -1.29. The lowest BCUT2D eigenvalue weighted by Gasteiger charge is -2.18. The SMILES string of the molecule is C=P(C)(C)CCC1OC(c2cn(CNCCC)c(=O)[nH]c2=O)[C@H](O)[C@@H]1O. The maximum absolute atomic E-state index is 12.2. The summed E-state index contributed by atoms with van der Waals surface area (Å²) in [6, 6.07) is 0. The van der Waals surface area contributed by atoms with Gasteiger partial charge in [-0.05, 0) is 38.9 Å². The molecule has 0 radical (unpaired) electrons. The first-order chi connectivity index (χ1) is 12.1. The van der Waals surface area contributed by atoms with E-state index in [1.54, 1.807) is 0 Å². The number of aromatic amines is 1. The summed E-state index contributed by atoms with van der Waals surface area (Å²) in [5, 5.41) is 23.8. The van der Waals surface area contributed by atoms with Gasteiger partial charge in [0, 0.05) is 6.20 Å². The summed E-state index contributed by atoms with van der Waals surface area (Å²) in [5.41, 5.74) is -1.00. The number of hydrogen-bond acceptors (Lipinski definition) is 6. The van der Waals surface area contributed by atoms with Gasteiger partial charge in [0.15, 0.2) is 0 Å². The number of rotatable bonds is 8. The minimum Gasteiger partial charge on any atom is -0.388 e. The van der Waals surface area contributed by atoms with E-state index in [1.807, 2.05) is 6.92 Å². The van der Waals surface area contributed by atoms with Crippen LogP contribution in [-0.2, 0) is 11.4 Å². The summed E-state index contributed by atoms with van der Waals surface area (Å²) in [6.45, 7) is 5.87. The van der Waals surface area contributed by atoms with Crippen LogP contribution in [0.1, 0.15) is 31.4 Å². The van der Waals surface area contributed by atoms with Gasteiger partial charge in [-0.25, -0.2) is 4.79 Å². The highest BCUT2D eigenvalue weighted by Crippen LogP contribution is 2.40. The molecular formula is C17H30N3O5P. The van der Waals surface area contributed by atoms with Gasteiger partial charge in [0.25, 0.3) is 5.56 Å². The molecule has 1 aromatic rings. The van der Waals surface area contributed by atoms with Crippen LogP contribution in [0.4, 0.5) is 0 Å². The Hall–Kier alpha value is -1.18. The Kier molecular flexibility index (Phi) is 7.05. The van der Waals surface area contributed by atoms with Crippen LogP contribution in [0.5, 0.6) is 0 Å². The average Bonchev–Trinajstić information content (AvgIpc) is 2.83. The van der Waals surface area contributed by atoms with Crippen molar-refractivity contribution in [1.82, 2.24) is 14.9 Å². The summed E-state index contributed by atoms with van der Waals surface area (Å²) in [7, 11) is 0. The number of nitrogens with zero attached hydrogens (tertiary/aromatic N) is 1. The fourth-order valence-corrected chi connectivity index (χ4v) is 3.90. The van der Waals surface area contributed by atoms with Crippen LogP contribution in [0.15, 0.2) is 15.8 Å². The maximum Gasteiger partial charge on any atom is 0.329 e. The largest absolute Gasteiger partial charge is 0.388 e. The van der Waals surface area contributed by atoms with Gasteiger partial charge in [0.1, 0.15) is 18.3 Å². The van der Waals surface area contributed by atoms with Crippen LogP contribution in [0.25, 0.3) is 0 Å². The molecule has 148 valence electrons. The molecule has 9 heteroatoms. The van der Waals surface area contributed by atoms with Gasteiger partial charge >= 0.3 is 5.69 Å².